The van der Waals surface area contributed by atoms with E-state index in [9.17, 15) is 9.59 Å². The number of rotatable bonds is 6. The molecule has 1 N–H and O–H groups in total. The number of carbonyl (C=O) groups is 2. The maximum absolute atomic E-state index is 11.3. The molecule has 0 aromatic carbocycles. The monoisotopic (exact) mass is 237 g/mol. The number of ether oxygens (including phenoxy) is 1. The Bertz CT molecular complexity index is 199. The van der Waals surface area contributed by atoms with Gasteiger partial charge in [-0.05, 0) is 12.7 Å². The van der Waals surface area contributed by atoms with Crippen LogP contribution in [-0.4, -0.2) is 35.4 Å². The molecule has 0 aromatic heterocycles. The van der Waals surface area contributed by atoms with Gasteiger partial charge in [0.1, 0.15) is 0 Å². The Morgan fingerprint density at radius 2 is 2.14 bits per heavy atom. The van der Waals surface area contributed by atoms with E-state index in [1.54, 1.807) is 6.92 Å². The average Bonchev–Trinajstić information content (AvgIpc) is 2.17. The number of hydrogen-bond acceptors (Lipinski definition) is 5. The summed E-state index contributed by atoms with van der Waals surface area (Å²) in [5, 5.41) is 1.91. The van der Waals surface area contributed by atoms with Gasteiger partial charge in [-0.15, -0.1) is 11.8 Å². The molecule has 82 valence electrons. The lowest BCUT2D eigenvalue weighted by Crippen LogP contribution is -2.40. The summed E-state index contributed by atoms with van der Waals surface area (Å²) in [5.41, 5.74) is 0. The number of carbonyl (C=O) groups excluding carboxylic acids is 2. The van der Waals surface area contributed by atoms with E-state index in [0.717, 1.165) is 5.75 Å². The summed E-state index contributed by atoms with van der Waals surface area (Å²) >= 11 is 5.13. The van der Waals surface area contributed by atoms with Gasteiger partial charge in [0.25, 0.3) is 0 Å². The summed E-state index contributed by atoms with van der Waals surface area (Å²) in [6.45, 7) is 3.95. The molecule has 0 spiro atoms. The van der Waals surface area contributed by atoms with Crippen LogP contribution < -0.4 is 5.32 Å². The highest BCUT2D eigenvalue weighted by Crippen LogP contribution is 2.09. The highest BCUT2D eigenvalue weighted by Gasteiger charge is 2.20. The first-order valence-electron chi connectivity index (χ1n) is 4.34. The highest BCUT2D eigenvalue weighted by atomic mass is 32.2. The van der Waals surface area contributed by atoms with Gasteiger partial charge in [0.05, 0.1) is 12.4 Å². The molecule has 14 heavy (non-hydrogen) atoms. The van der Waals surface area contributed by atoms with Crippen LogP contribution in [0, 0.1) is 0 Å². The van der Waals surface area contributed by atoms with Crippen molar-refractivity contribution in [3.63, 3.8) is 0 Å². The Kier molecular flexibility index (Phi) is 7.78. The maximum Gasteiger partial charge on any atom is 0.339 e. The van der Waals surface area contributed by atoms with Crippen molar-refractivity contribution < 1.29 is 14.3 Å². The third-order valence-corrected chi connectivity index (χ3v) is 2.53. The molecule has 0 radical (unpaired) electrons. The van der Waals surface area contributed by atoms with Crippen LogP contribution in [0.2, 0.25) is 0 Å². The summed E-state index contributed by atoms with van der Waals surface area (Å²) in [6, 6.07) is 0. The van der Waals surface area contributed by atoms with Crippen LogP contribution in [0.5, 0.6) is 0 Å². The first-order valence-corrected chi connectivity index (χ1v) is 6.02. The van der Waals surface area contributed by atoms with E-state index in [1.807, 2.05) is 6.92 Å². The smallest absolute Gasteiger partial charge is 0.339 e. The van der Waals surface area contributed by atoms with Crippen molar-refractivity contribution in [2.75, 3.05) is 18.1 Å². The molecule has 1 amide bonds. The maximum atomic E-state index is 11.3. The van der Waals surface area contributed by atoms with Crippen molar-refractivity contribution in [3.05, 3.63) is 0 Å². The van der Waals surface area contributed by atoms with Crippen LogP contribution >= 0.6 is 24.4 Å². The zero-order valence-electron chi connectivity index (χ0n) is 8.28. The van der Waals surface area contributed by atoms with Crippen molar-refractivity contribution >= 4 is 36.3 Å². The third-order valence-electron chi connectivity index (χ3n) is 1.27. The topological polar surface area (TPSA) is 55.4 Å². The van der Waals surface area contributed by atoms with Crippen LogP contribution in [0.1, 0.15) is 13.8 Å². The lowest BCUT2D eigenvalue weighted by Gasteiger charge is -2.15. The molecule has 0 saturated carbocycles. The number of nitrogens with one attached hydrogen (secondary N) is 1. The van der Waals surface area contributed by atoms with Crippen molar-refractivity contribution in [2.45, 2.75) is 19.2 Å². The Morgan fingerprint density at radius 3 is 2.57 bits per heavy atom. The van der Waals surface area contributed by atoms with Crippen LogP contribution in [0.15, 0.2) is 0 Å². The second-order valence-corrected chi connectivity index (χ2v) is 4.01. The third kappa shape index (κ3) is 5.39. The van der Waals surface area contributed by atoms with E-state index in [1.165, 1.54) is 11.8 Å². The number of thiol groups is 1. The van der Waals surface area contributed by atoms with Crippen LogP contribution in [0.25, 0.3) is 0 Å². The van der Waals surface area contributed by atoms with E-state index in [2.05, 4.69) is 17.9 Å². The molecule has 0 aromatic rings. The Balaban J connectivity index is 4.13. The van der Waals surface area contributed by atoms with E-state index in [0.29, 0.717) is 6.61 Å². The standard InChI is InChI=1S/C8H15NO3S2/c1-3-12-8(11)7(14-4-2)9-6(10)5-13/h7,13H,3-5H2,1-2H3,(H,9,10). The molecule has 0 fully saturated rings. The summed E-state index contributed by atoms with van der Waals surface area (Å²) in [5.74, 6) is 0.123. The molecule has 4 nitrogen and oxygen atoms in total. The predicted octanol–water partition coefficient (Wildman–Crippen LogP) is 0.675. The van der Waals surface area contributed by atoms with E-state index >= 15 is 0 Å². The van der Waals surface area contributed by atoms with E-state index in [4.69, 9.17) is 4.74 Å². The minimum Gasteiger partial charge on any atom is -0.464 e. The normalized spacial score (nSPS) is 11.9. The molecule has 0 saturated heterocycles. The Labute approximate surface area is 93.6 Å². The lowest BCUT2D eigenvalue weighted by atomic mass is 10.6. The van der Waals surface area contributed by atoms with Gasteiger partial charge in [0.2, 0.25) is 5.91 Å². The molecule has 0 bridgehead atoms. The fourth-order valence-corrected chi connectivity index (χ4v) is 1.59. The molecule has 0 aliphatic rings. The van der Waals surface area contributed by atoms with Gasteiger partial charge < -0.3 is 10.1 Å². The first kappa shape index (κ1) is 13.6. The van der Waals surface area contributed by atoms with Crippen molar-refractivity contribution in [1.29, 1.82) is 0 Å². The van der Waals surface area contributed by atoms with Gasteiger partial charge in [-0.2, -0.15) is 12.6 Å². The quantitative estimate of drug-likeness (QED) is 0.405. The molecular formula is C8H15NO3S2. The number of hydrogen-bond donors (Lipinski definition) is 2. The van der Waals surface area contributed by atoms with Crippen molar-refractivity contribution in [2.24, 2.45) is 0 Å². The molecule has 0 rings (SSSR count). The minimum absolute atomic E-state index is 0.0696. The fraction of sp³-hybridized carbons (Fsp3) is 0.750. The summed E-state index contributed by atoms with van der Waals surface area (Å²) in [6.07, 6.45) is 0. The summed E-state index contributed by atoms with van der Waals surface area (Å²) in [4.78, 5) is 22.3. The Hall–Kier alpha value is -0.360. The van der Waals surface area contributed by atoms with Gasteiger partial charge in [0, 0.05) is 0 Å². The first-order chi connectivity index (χ1) is 6.65. The molecule has 1 unspecified atom stereocenters. The van der Waals surface area contributed by atoms with Gasteiger partial charge in [-0.25, -0.2) is 4.79 Å². The highest BCUT2D eigenvalue weighted by molar-refractivity contribution is 8.00. The zero-order valence-corrected chi connectivity index (χ0v) is 9.99. The van der Waals surface area contributed by atoms with E-state index < -0.39 is 11.3 Å². The molecule has 6 heteroatoms. The van der Waals surface area contributed by atoms with Gasteiger partial charge in [0.15, 0.2) is 5.37 Å². The van der Waals surface area contributed by atoms with Gasteiger partial charge in [-0.3, -0.25) is 4.79 Å². The average molecular weight is 237 g/mol. The summed E-state index contributed by atoms with van der Waals surface area (Å²) in [7, 11) is 0. The fourth-order valence-electron chi connectivity index (χ4n) is 0.745. The second-order valence-electron chi connectivity index (χ2n) is 2.31. The Morgan fingerprint density at radius 1 is 1.50 bits per heavy atom. The largest absolute Gasteiger partial charge is 0.464 e. The molecule has 0 heterocycles. The lowest BCUT2D eigenvalue weighted by molar-refractivity contribution is -0.144. The molecule has 0 aliphatic heterocycles. The number of amides is 1. The van der Waals surface area contributed by atoms with E-state index in [-0.39, 0.29) is 11.7 Å². The SMILES string of the molecule is CCOC(=O)C(NC(=O)CS)SCC. The van der Waals surface area contributed by atoms with Crippen molar-refractivity contribution in [1.82, 2.24) is 5.32 Å². The molecular weight excluding hydrogens is 222 g/mol. The summed E-state index contributed by atoms with van der Waals surface area (Å²) < 4.78 is 4.80. The number of esters is 1. The predicted molar refractivity (Wildman–Crippen MR) is 60.5 cm³/mol. The molecule has 0 aliphatic carbocycles. The molecule has 1 atom stereocenters. The van der Waals surface area contributed by atoms with Crippen LogP contribution in [-0.2, 0) is 14.3 Å². The minimum atomic E-state index is -0.611. The van der Waals surface area contributed by atoms with Crippen LogP contribution in [0.3, 0.4) is 0 Å². The van der Waals surface area contributed by atoms with Gasteiger partial charge in [-0.1, -0.05) is 6.92 Å². The van der Waals surface area contributed by atoms with Gasteiger partial charge >= 0.3 is 5.97 Å². The van der Waals surface area contributed by atoms with Crippen LogP contribution in [0.4, 0.5) is 0 Å². The second kappa shape index (κ2) is 7.99. The van der Waals surface area contributed by atoms with Crippen molar-refractivity contribution in [3.8, 4) is 0 Å². The number of thioether (sulfide) groups is 1. The zero-order chi connectivity index (χ0) is 11.0.